The fourth-order valence-electron chi connectivity index (χ4n) is 2.79. The molecule has 1 atom stereocenters. The summed E-state index contributed by atoms with van der Waals surface area (Å²) in [5.74, 6) is 0.529. The number of rotatable bonds is 6. The molecule has 0 aliphatic carbocycles. The van der Waals surface area contributed by atoms with E-state index in [-0.39, 0.29) is 16.7 Å². The van der Waals surface area contributed by atoms with Crippen molar-refractivity contribution in [2.75, 3.05) is 25.0 Å². The Kier molecular flexibility index (Phi) is 4.59. The van der Waals surface area contributed by atoms with Gasteiger partial charge in [0.2, 0.25) is 5.82 Å². The van der Waals surface area contributed by atoms with Gasteiger partial charge in [-0.1, -0.05) is 0 Å². The standard InChI is InChI=1S/C13H23N5O2/c1-4-17-13(12(18(19)20)11(3)15-17)14-10(2)9-16-7-5-6-8-16/h10,14H,4-9H2,1-3H3. The molecule has 1 aliphatic heterocycles. The van der Waals surface area contributed by atoms with Crippen LogP contribution >= 0.6 is 0 Å². The van der Waals surface area contributed by atoms with Gasteiger partial charge in [0.25, 0.3) is 0 Å². The summed E-state index contributed by atoms with van der Waals surface area (Å²) < 4.78 is 1.67. The summed E-state index contributed by atoms with van der Waals surface area (Å²) in [6.07, 6.45) is 2.50. The second-order valence-electron chi connectivity index (χ2n) is 5.41. The minimum absolute atomic E-state index is 0.0973. The number of nitro groups is 1. The molecule has 7 nitrogen and oxygen atoms in total. The van der Waals surface area contributed by atoms with Gasteiger partial charge in [-0.05, 0) is 46.7 Å². The van der Waals surface area contributed by atoms with Crippen LogP contribution in [0.5, 0.6) is 0 Å². The molecule has 1 aliphatic rings. The molecule has 2 heterocycles. The van der Waals surface area contributed by atoms with Crippen LogP contribution in [0.4, 0.5) is 11.5 Å². The third-order valence-corrected chi connectivity index (χ3v) is 3.69. The lowest BCUT2D eigenvalue weighted by molar-refractivity contribution is -0.384. The molecule has 0 bridgehead atoms. The molecule has 2 rings (SSSR count). The molecule has 0 saturated carbocycles. The second kappa shape index (κ2) is 6.21. The molecule has 7 heteroatoms. The minimum atomic E-state index is -0.348. The van der Waals surface area contributed by atoms with Crippen LogP contribution in [0.15, 0.2) is 0 Å². The number of aryl methyl sites for hydroxylation is 2. The third kappa shape index (κ3) is 3.09. The molecule has 0 spiro atoms. The zero-order chi connectivity index (χ0) is 14.7. The first-order valence-corrected chi connectivity index (χ1v) is 7.23. The van der Waals surface area contributed by atoms with Crippen LogP contribution in [-0.2, 0) is 6.54 Å². The Labute approximate surface area is 119 Å². The lowest BCUT2D eigenvalue weighted by Crippen LogP contribution is -2.33. The number of nitrogens with one attached hydrogen (secondary N) is 1. The third-order valence-electron chi connectivity index (χ3n) is 3.69. The highest BCUT2D eigenvalue weighted by atomic mass is 16.6. The smallest absolute Gasteiger partial charge is 0.333 e. The Morgan fingerprint density at radius 3 is 2.65 bits per heavy atom. The van der Waals surface area contributed by atoms with Gasteiger partial charge in [0.15, 0.2) is 0 Å². The molecule has 1 aromatic heterocycles. The molecular formula is C13H23N5O2. The maximum atomic E-state index is 11.2. The normalized spacial score (nSPS) is 17.4. The fourth-order valence-corrected chi connectivity index (χ4v) is 2.79. The minimum Gasteiger partial charge on any atom is -0.361 e. The van der Waals surface area contributed by atoms with Crippen LogP contribution in [0.1, 0.15) is 32.4 Å². The van der Waals surface area contributed by atoms with Crippen molar-refractivity contribution < 1.29 is 4.92 Å². The van der Waals surface area contributed by atoms with Crippen molar-refractivity contribution in [1.29, 1.82) is 0 Å². The van der Waals surface area contributed by atoms with E-state index in [2.05, 4.69) is 22.2 Å². The van der Waals surface area contributed by atoms with Gasteiger partial charge in [-0.15, -0.1) is 0 Å². The molecule has 0 aromatic carbocycles. The summed E-state index contributed by atoms with van der Waals surface area (Å²) in [4.78, 5) is 13.2. The highest BCUT2D eigenvalue weighted by Crippen LogP contribution is 2.28. The number of hydrogen-bond acceptors (Lipinski definition) is 5. The van der Waals surface area contributed by atoms with Gasteiger partial charge in [-0.3, -0.25) is 10.1 Å². The van der Waals surface area contributed by atoms with Crippen molar-refractivity contribution >= 4 is 11.5 Å². The van der Waals surface area contributed by atoms with Crippen LogP contribution in [0.3, 0.4) is 0 Å². The summed E-state index contributed by atoms with van der Waals surface area (Å²) >= 11 is 0. The number of anilines is 1. The van der Waals surface area contributed by atoms with Crippen LogP contribution in [0.25, 0.3) is 0 Å². The van der Waals surface area contributed by atoms with Crippen molar-refractivity contribution in [3.63, 3.8) is 0 Å². The van der Waals surface area contributed by atoms with Gasteiger partial charge in [-0.25, -0.2) is 4.68 Å². The largest absolute Gasteiger partial charge is 0.361 e. The molecule has 0 radical (unpaired) electrons. The molecular weight excluding hydrogens is 258 g/mol. The lowest BCUT2D eigenvalue weighted by atomic mass is 10.3. The molecule has 1 aromatic rings. The zero-order valence-corrected chi connectivity index (χ0v) is 12.4. The van der Waals surface area contributed by atoms with Crippen molar-refractivity contribution in [2.45, 2.75) is 46.2 Å². The summed E-state index contributed by atoms with van der Waals surface area (Å²) in [6, 6.07) is 0.160. The Morgan fingerprint density at radius 2 is 2.10 bits per heavy atom. The topological polar surface area (TPSA) is 76.2 Å². The van der Waals surface area contributed by atoms with Crippen molar-refractivity contribution in [3.05, 3.63) is 15.8 Å². The van der Waals surface area contributed by atoms with E-state index in [1.54, 1.807) is 11.6 Å². The summed E-state index contributed by atoms with van der Waals surface area (Å²) in [5, 5.41) is 18.7. The van der Waals surface area contributed by atoms with Gasteiger partial charge in [0.1, 0.15) is 5.69 Å². The molecule has 1 saturated heterocycles. The number of likely N-dealkylation sites (tertiary alicyclic amines) is 1. The quantitative estimate of drug-likeness (QED) is 0.637. The van der Waals surface area contributed by atoms with Gasteiger partial charge in [0.05, 0.1) is 4.92 Å². The maximum Gasteiger partial charge on any atom is 0.333 e. The first-order chi connectivity index (χ1) is 9.52. The van der Waals surface area contributed by atoms with E-state index in [1.807, 2.05) is 6.92 Å². The van der Waals surface area contributed by atoms with E-state index < -0.39 is 0 Å². The zero-order valence-electron chi connectivity index (χ0n) is 12.4. The van der Waals surface area contributed by atoms with E-state index in [1.165, 1.54) is 12.8 Å². The van der Waals surface area contributed by atoms with Crippen LogP contribution < -0.4 is 5.32 Å². The predicted molar refractivity (Wildman–Crippen MR) is 78.1 cm³/mol. The molecule has 1 unspecified atom stereocenters. The average Bonchev–Trinajstić information content (AvgIpc) is 2.97. The Morgan fingerprint density at radius 1 is 1.45 bits per heavy atom. The number of hydrogen-bond donors (Lipinski definition) is 1. The van der Waals surface area contributed by atoms with Gasteiger partial charge in [0, 0.05) is 19.1 Å². The molecule has 112 valence electrons. The SMILES string of the molecule is CCn1nc(C)c([N+](=O)[O-])c1NC(C)CN1CCCC1. The summed E-state index contributed by atoms with van der Waals surface area (Å²) in [6.45, 7) is 9.45. The van der Waals surface area contributed by atoms with Crippen molar-refractivity contribution in [3.8, 4) is 0 Å². The fraction of sp³-hybridized carbons (Fsp3) is 0.769. The first-order valence-electron chi connectivity index (χ1n) is 7.23. The van der Waals surface area contributed by atoms with E-state index in [4.69, 9.17) is 0 Å². The summed E-state index contributed by atoms with van der Waals surface area (Å²) in [5.41, 5.74) is 0.563. The summed E-state index contributed by atoms with van der Waals surface area (Å²) in [7, 11) is 0. The maximum absolute atomic E-state index is 11.2. The Balaban J connectivity index is 2.12. The van der Waals surface area contributed by atoms with Crippen LogP contribution in [0.2, 0.25) is 0 Å². The number of nitrogens with zero attached hydrogens (tertiary/aromatic N) is 4. The van der Waals surface area contributed by atoms with E-state index in [0.717, 1.165) is 19.6 Å². The molecule has 0 amide bonds. The predicted octanol–water partition coefficient (Wildman–Crippen LogP) is 2.02. The average molecular weight is 281 g/mol. The van der Waals surface area contributed by atoms with E-state index in [0.29, 0.717) is 18.1 Å². The number of aromatic nitrogens is 2. The van der Waals surface area contributed by atoms with E-state index in [9.17, 15) is 10.1 Å². The lowest BCUT2D eigenvalue weighted by Gasteiger charge is -2.21. The second-order valence-corrected chi connectivity index (χ2v) is 5.41. The highest BCUT2D eigenvalue weighted by Gasteiger charge is 2.26. The molecule has 1 fully saturated rings. The van der Waals surface area contributed by atoms with Gasteiger partial charge in [-0.2, -0.15) is 5.10 Å². The monoisotopic (exact) mass is 281 g/mol. The van der Waals surface area contributed by atoms with Crippen molar-refractivity contribution in [2.24, 2.45) is 0 Å². The van der Waals surface area contributed by atoms with Crippen LogP contribution in [-0.4, -0.2) is 45.3 Å². The first kappa shape index (κ1) is 14.8. The van der Waals surface area contributed by atoms with Gasteiger partial charge >= 0.3 is 5.69 Å². The highest BCUT2D eigenvalue weighted by molar-refractivity contribution is 5.60. The Bertz CT molecular complexity index is 479. The molecule has 1 N–H and O–H groups in total. The molecule has 20 heavy (non-hydrogen) atoms. The Hall–Kier alpha value is -1.63. The van der Waals surface area contributed by atoms with Gasteiger partial charge < -0.3 is 10.2 Å². The van der Waals surface area contributed by atoms with E-state index >= 15 is 0 Å². The van der Waals surface area contributed by atoms with Crippen LogP contribution in [0, 0.1) is 17.0 Å². The van der Waals surface area contributed by atoms with Crippen molar-refractivity contribution in [1.82, 2.24) is 14.7 Å².